The summed E-state index contributed by atoms with van der Waals surface area (Å²) in [5, 5.41) is 31.0. The molecule has 5 rings (SSSR count). The van der Waals surface area contributed by atoms with Crippen LogP contribution in [0, 0.1) is 0 Å². The highest BCUT2D eigenvalue weighted by atomic mass is 32.2. The molecule has 0 bridgehead atoms. The van der Waals surface area contributed by atoms with Gasteiger partial charge in [0.2, 0.25) is 0 Å². The number of hydrogen-bond acceptors (Lipinski definition) is 16. The summed E-state index contributed by atoms with van der Waals surface area (Å²) in [5.74, 6) is -2.73. The van der Waals surface area contributed by atoms with Crippen molar-refractivity contribution in [2.75, 3.05) is 27.4 Å². The first-order valence-corrected chi connectivity index (χ1v) is 20.2. The van der Waals surface area contributed by atoms with Gasteiger partial charge in [-0.1, -0.05) is 45.5 Å². The Labute approximate surface area is 354 Å². The Morgan fingerprint density at radius 2 is 1.36 bits per heavy atom. The third-order valence-corrected chi connectivity index (χ3v) is 10.6. The lowest BCUT2D eigenvalue weighted by Crippen LogP contribution is -2.50. The molecule has 328 valence electrons. The summed E-state index contributed by atoms with van der Waals surface area (Å²) >= 11 is 2.19. The lowest BCUT2D eigenvalue weighted by atomic mass is 9.88. The molecule has 0 aromatic heterocycles. The van der Waals surface area contributed by atoms with Crippen molar-refractivity contribution in [3.05, 3.63) is 71.2 Å². The van der Waals surface area contributed by atoms with E-state index in [1.807, 2.05) is 104 Å². The van der Waals surface area contributed by atoms with E-state index in [4.69, 9.17) is 32.4 Å². The molecule has 0 amide bonds. The predicted molar refractivity (Wildman–Crippen MR) is 223 cm³/mol. The first-order valence-electron chi connectivity index (χ1n) is 18.7. The Kier molecular flexibility index (Phi) is 18.3. The fourth-order valence-electron chi connectivity index (χ4n) is 6.30. The van der Waals surface area contributed by atoms with Crippen molar-refractivity contribution in [1.82, 2.24) is 5.32 Å². The topological polar surface area (TPSA) is 202 Å². The smallest absolute Gasteiger partial charge is 0.330 e. The highest BCUT2D eigenvalue weighted by Crippen LogP contribution is 2.51. The average molecular weight is 867 g/mol. The lowest BCUT2D eigenvalue weighted by Gasteiger charge is -2.31. The first-order chi connectivity index (χ1) is 27.5. The van der Waals surface area contributed by atoms with Crippen LogP contribution in [0.2, 0.25) is 0 Å². The van der Waals surface area contributed by atoms with Gasteiger partial charge in [0.05, 0.1) is 74.9 Å². The van der Waals surface area contributed by atoms with E-state index >= 15 is 0 Å². The largest absolute Gasteiger partial charge is 0.488 e. The summed E-state index contributed by atoms with van der Waals surface area (Å²) < 4.78 is 40.3. The average Bonchev–Trinajstić information content (AvgIpc) is 3.81. The Bertz CT molecular complexity index is 1820. The third kappa shape index (κ3) is 11.8. The number of nitrogens with zero attached hydrogens (tertiary/aromatic N) is 1. The summed E-state index contributed by atoms with van der Waals surface area (Å²) in [6, 6.07) is 13.0. The minimum Gasteiger partial charge on any atom is -0.488 e. The summed E-state index contributed by atoms with van der Waals surface area (Å²) in [6.45, 7) is 14.7. The van der Waals surface area contributed by atoms with Crippen molar-refractivity contribution in [2.45, 2.75) is 127 Å². The van der Waals surface area contributed by atoms with Gasteiger partial charge in [-0.05, 0) is 89.8 Å². The molecule has 2 aromatic carbocycles. The monoisotopic (exact) mass is 866 g/mol. The molecule has 0 saturated carbocycles. The number of carboxylic acids is 2. The normalized spacial score (nSPS) is 25.0. The van der Waals surface area contributed by atoms with Gasteiger partial charge in [0.25, 0.3) is 11.8 Å². The minimum atomic E-state index is -1.43. The fraction of sp³-hybridized carbons (Fsp3) is 0.537. The van der Waals surface area contributed by atoms with Crippen LogP contribution in [0.4, 0.5) is 0 Å². The molecule has 2 aromatic rings. The van der Waals surface area contributed by atoms with E-state index in [-0.39, 0.29) is 32.1 Å². The molecule has 3 heterocycles. The standard InChI is InChI=1S/2C20H27NO7S.CH4/c1-6-19(4)16(13-7-9-14(10-8-13)29-28-24-5)17(26-12(2)3)20(27-19)21-15(11-25-20)18(22)23;1-6-20(4)16(13-7-9-14(10-8-13)29-28-25-5)17(26-12(2)3)18(27-20)21-15(11-22)19(23)24;/h7-10,12,15,21H,6,11H2,1-5H3,(H,22,23);7-10,12,15,22H,6,11H2,1-5H3,(H,23,24);1H4/t15-,19-,20?;15-,20-;/m00./s1. The fourth-order valence-corrected chi connectivity index (χ4v) is 7.09. The van der Waals surface area contributed by atoms with Crippen molar-refractivity contribution in [1.29, 1.82) is 0 Å². The maximum atomic E-state index is 11.5. The van der Waals surface area contributed by atoms with Crippen molar-refractivity contribution < 1.29 is 67.0 Å². The van der Waals surface area contributed by atoms with Crippen molar-refractivity contribution in [2.24, 2.45) is 4.99 Å². The Balaban J connectivity index is 0.000000310. The molecule has 1 unspecified atom stereocenters. The van der Waals surface area contributed by atoms with Crippen LogP contribution in [0.15, 0.2) is 74.8 Å². The predicted octanol–water partition coefficient (Wildman–Crippen LogP) is 7.42. The van der Waals surface area contributed by atoms with Crippen LogP contribution in [-0.2, 0) is 51.7 Å². The molecule has 3 aliphatic heterocycles. The van der Waals surface area contributed by atoms with E-state index in [9.17, 15) is 24.9 Å². The van der Waals surface area contributed by atoms with Crippen LogP contribution in [0.3, 0.4) is 0 Å². The molecule has 16 nitrogen and oxygen atoms in total. The minimum absolute atomic E-state index is 0. The first kappa shape index (κ1) is 49.7. The number of aliphatic hydroxyl groups is 1. The number of hydrogen-bond donors (Lipinski definition) is 4. The molecule has 59 heavy (non-hydrogen) atoms. The summed E-state index contributed by atoms with van der Waals surface area (Å²) in [5.41, 5.74) is 1.86. The third-order valence-electron chi connectivity index (χ3n) is 9.28. The van der Waals surface area contributed by atoms with Crippen LogP contribution >= 0.6 is 24.1 Å². The molecule has 0 radical (unpaired) electrons. The van der Waals surface area contributed by atoms with Gasteiger partial charge in [-0.15, -0.1) is 0 Å². The summed E-state index contributed by atoms with van der Waals surface area (Å²) in [6.07, 6.45) is 0.905. The molecular weight excluding hydrogens is 809 g/mol. The molecule has 1 fully saturated rings. The van der Waals surface area contributed by atoms with Crippen LogP contribution in [0.1, 0.15) is 86.8 Å². The second kappa shape index (κ2) is 21.7. The van der Waals surface area contributed by atoms with Gasteiger partial charge >= 0.3 is 11.9 Å². The van der Waals surface area contributed by atoms with Gasteiger partial charge in [0.1, 0.15) is 11.6 Å². The van der Waals surface area contributed by atoms with Gasteiger partial charge < -0.3 is 39.0 Å². The summed E-state index contributed by atoms with van der Waals surface area (Å²) in [7, 11) is 2.88. The molecule has 1 saturated heterocycles. The van der Waals surface area contributed by atoms with E-state index in [0.717, 1.165) is 56.1 Å². The van der Waals surface area contributed by atoms with Gasteiger partial charge in [-0.2, -0.15) is 8.67 Å². The zero-order valence-corrected chi connectivity index (χ0v) is 36.0. The molecule has 0 aliphatic carbocycles. The zero-order valence-electron chi connectivity index (χ0n) is 34.4. The van der Waals surface area contributed by atoms with Gasteiger partial charge in [-0.25, -0.2) is 24.9 Å². The molecule has 3 aliphatic rings. The van der Waals surface area contributed by atoms with Gasteiger partial charge in [0, 0.05) is 15.4 Å². The molecule has 5 atom stereocenters. The van der Waals surface area contributed by atoms with Crippen LogP contribution < -0.4 is 5.32 Å². The van der Waals surface area contributed by atoms with E-state index in [0.29, 0.717) is 24.4 Å². The second-order valence-electron chi connectivity index (χ2n) is 14.2. The summed E-state index contributed by atoms with van der Waals surface area (Å²) in [4.78, 5) is 37.9. The Morgan fingerprint density at radius 3 is 1.76 bits per heavy atom. The van der Waals surface area contributed by atoms with Gasteiger partial charge in [-0.3, -0.25) is 4.79 Å². The highest BCUT2D eigenvalue weighted by Gasteiger charge is 2.60. The van der Waals surface area contributed by atoms with Crippen LogP contribution in [0.5, 0.6) is 0 Å². The number of ether oxygens (including phenoxy) is 5. The highest BCUT2D eigenvalue weighted by molar-refractivity contribution is 7.94. The maximum absolute atomic E-state index is 11.5. The van der Waals surface area contributed by atoms with Crippen molar-refractivity contribution in [3.63, 3.8) is 0 Å². The van der Waals surface area contributed by atoms with Crippen LogP contribution in [-0.4, -0.2) is 102 Å². The van der Waals surface area contributed by atoms with E-state index in [1.165, 1.54) is 14.2 Å². The zero-order chi connectivity index (χ0) is 42.8. The van der Waals surface area contributed by atoms with Crippen molar-refractivity contribution in [3.8, 4) is 0 Å². The number of carboxylic acid groups (broad SMARTS) is 2. The van der Waals surface area contributed by atoms with Crippen LogP contribution in [0.25, 0.3) is 11.1 Å². The molecule has 18 heteroatoms. The molecule has 4 N–H and O–H groups in total. The quantitative estimate of drug-likeness (QED) is 0.0654. The Morgan fingerprint density at radius 1 is 0.847 bits per heavy atom. The number of aliphatic carboxylic acids is 2. The number of aliphatic imine (C=N–C) groups is 1. The second-order valence-corrected chi connectivity index (χ2v) is 15.8. The molecule has 1 spiro atoms. The number of nitrogens with one attached hydrogen (secondary N) is 1. The van der Waals surface area contributed by atoms with E-state index < -0.39 is 47.7 Å². The number of carbonyl (C=O) groups is 2. The number of benzene rings is 2. The van der Waals surface area contributed by atoms with E-state index in [1.54, 1.807) is 0 Å². The van der Waals surface area contributed by atoms with Gasteiger partial charge in [0.15, 0.2) is 17.6 Å². The SMILES string of the molecule is C.CC[C@]1(C)OC(=N[C@@H](CO)C(=O)O)C(OC(C)C)=C1c1ccc(SOOC)cc1.CC[C@]1(C)OC2(N[C@H](C(=O)O)CO2)C(OC(C)C)=C1c1ccc(SOOC)cc1. The number of aliphatic hydroxyl groups excluding tert-OH is 1. The van der Waals surface area contributed by atoms with E-state index in [2.05, 4.69) is 20.1 Å². The lowest BCUT2D eigenvalue weighted by molar-refractivity contribution is -0.241. The Hall–Kier alpha value is -3.69. The maximum Gasteiger partial charge on any atom is 0.330 e. The number of rotatable bonds is 18. The molecular formula is C41H58N2O14S2. The van der Waals surface area contributed by atoms with Crippen molar-refractivity contribution >= 4 is 53.1 Å².